The van der Waals surface area contributed by atoms with Crippen LogP contribution in [-0.4, -0.2) is 11.2 Å². The Morgan fingerprint density at radius 3 is 2.50 bits per heavy atom. The highest BCUT2D eigenvalue weighted by molar-refractivity contribution is 5.00. The van der Waals surface area contributed by atoms with Gasteiger partial charge in [0.15, 0.2) is 0 Å². The summed E-state index contributed by atoms with van der Waals surface area (Å²) in [6, 6.07) is 0. The number of aliphatic hydroxyl groups is 1. The summed E-state index contributed by atoms with van der Waals surface area (Å²) >= 11 is 0. The van der Waals surface area contributed by atoms with E-state index in [2.05, 4.69) is 19.2 Å². The Bertz CT molecular complexity index is 178. The van der Waals surface area contributed by atoms with Crippen LogP contribution in [0.1, 0.15) is 58.8 Å². The van der Waals surface area contributed by atoms with Gasteiger partial charge in [-0.3, -0.25) is 0 Å². The minimum atomic E-state index is -0.203. The maximum Gasteiger partial charge on any atom is 0.0580 e. The quantitative estimate of drug-likeness (QED) is 0.462. The molecule has 0 radical (unpaired) electrons. The molecule has 0 aromatic carbocycles. The third-order valence-electron chi connectivity index (χ3n) is 2.54. The largest absolute Gasteiger partial charge is 0.393 e. The monoisotopic (exact) mass is 196 g/mol. The molecule has 0 fully saturated rings. The van der Waals surface area contributed by atoms with Gasteiger partial charge in [-0.25, -0.2) is 0 Å². The average molecular weight is 196 g/mol. The fourth-order valence-corrected chi connectivity index (χ4v) is 1.46. The first-order valence-corrected chi connectivity index (χ1v) is 5.80. The lowest BCUT2D eigenvalue weighted by atomic mass is 10.0. The van der Waals surface area contributed by atoms with Crippen LogP contribution in [0.25, 0.3) is 0 Å². The van der Waals surface area contributed by atoms with E-state index >= 15 is 0 Å². The van der Waals surface area contributed by atoms with Crippen molar-refractivity contribution < 1.29 is 5.11 Å². The number of aliphatic hydroxyl groups excluding tert-OH is 1. The van der Waals surface area contributed by atoms with E-state index in [1.54, 1.807) is 0 Å². The number of unbranched alkanes of at least 4 members (excludes halogenated alkanes) is 3. The Morgan fingerprint density at radius 1 is 1.29 bits per heavy atom. The number of rotatable bonds is 8. The highest BCUT2D eigenvalue weighted by Crippen LogP contribution is 2.15. The van der Waals surface area contributed by atoms with Crippen LogP contribution in [-0.2, 0) is 0 Å². The number of hydrogen-bond donors (Lipinski definition) is 1. The first-order chi connectivity index (χ1) is 6.74. The molecule has 0 rings (SSSR count). The molecule has 1 N–H and O–H groups in total. The predicted octanol–water partition coefficient (Wildman–Crippen LogP) is 3.83. The van der Waals surface area contributed by atoms with Crippen molar-refractivity contribution in [3.63, 3.8) is 0 Å². The van der Waals surface area contributed by atoms with Gasteiger partial charge in [0.05, 0.1) is 6.10 Å². The second-order valence-corrected chi connectivity index (χ2v) is 3.86. The molecule has 0 saturated carbocycles. The lowest BCUT2D eigenvalue weighted by Gasteiger charge is -2.09. The third-order valence-corrected chi connectivity index (χ3v) is 2.54. The summed E-state index contributed by atoms with van der Waals surface area (Å²) in [6.07, 6.45) is 7.50. The maximum atomic E-state index is 9.47. The zero-order valence-corrected chi connectivity index (χ0v) is 9.68. The Kier molecular flexibility index (Phi) is 8.72. The minimum absolute atomic E-state index is 0.203. The molecule has 0 bridgehead atoms. The van der Waals surface area contributed by atoms with Crippen LogP contribution < -0.4 is 0 Å². The first kappa shape index (κ1) is 13.5. The summed E-state index contributed by atoms with van der Waals surface area (Å²) < 4.78 is 0. The molecule has 82 valence electrons. The summed E-state index contributed by atoms with van der Waals surface area (Å²) in [6.45, 7) is 7.89. The van der Waals surface area contributed by atoms with Crippen LogP contribution in [0.5, 0.6) is 0 Å². The molecule has 0 aliphatic heterocycles. The van der Waals surface area contributed by atoms with Crippen LogP contribution >= 0.6 is 0 Å². The van der Waals surface area contributed by atoms with Crippen LogP contribution in [0, 0.1) is 0 Å². The molecular formula is C13H24O. The van der Waals surface area contributed by atoms with Crippen LogP contribution in [0.3, 0.4) is 0 Å². The summed E-state index contributed by atoms with van der Waals surface area (Å²) in [5.74, 6) is 0. The van der Waals surface area contributed by atoms with Crippen molar-refractivity contribution in [3.8, 4) is 0 Å². The van der Waals surface area contributed by atoms with Gasteiger partial charge in [-0.15, -0.1) is 5.73 Å². The molecule has 0 aromatic rings. The van der Waals surface area contributed by atoms with Gasteiger partial charge < -0.3 is 5.11 Å². The van der Waals surface area contributed by atoms with E-state index in [1.807, 2.05) is 6.92 Å². The van der Waals surface area contributed by atoms with Gasteiger partial charge in [-0.1, -0.05) is 39.7 Å². The van der Waals surface area contributed by atoms with Crippen LogP contribution in [0.15, 0.2) is 17.9 Å². The number of hydrogen-bond acceptors (Lipinski definition) is 1. The van der Waals surface area contributed by atoms with E-state index in [0.717, 1.165) is 19.3 Å². The normalized spacial score (nSPS) is 12.2. The second kappa shape index (κ2) is 9.05. The predicted molar refractivity (Wildman–Crippen MR) is 62.3 cm³/mol. The summed E-state index contributed by atoms with van der Waals surface area (Å²) in [5.41, 5.74) is 4.14. The lowest BCUT2D eigenvalue weighted by Crippen LogP contribution is -2.05. The first-order valence-electron chi connectivity index (χ1n) is 5.80. The van der Waals surface area contributed by atoms with Crippen molar-refractivity contribution in [3.05, 3.63) is 17.9 Å². The van der Waals surface area contributed by atoms with Crippen molar-refractivity contribution in [2.75, 3.05) is 0 Å². The van der Waals surface area contributed by atoms with Crippen LogP contribution in [0.2, 0.25) is 0 Å². The summed E-state index contributed by atoms with van der Waals surface area (Å²) in [4.78, 5) is 0. The van der Waals surface area contributed by atoms with Gasteiger partial charge in [0.25, 0.3) is 0 Å². The SMILES string of the molecule is C=C=C(CCCCCC)C[C@H](O)CC. The minimum Gasteiger partial charge on any atom is -0.393 e. The van der Waals surface area contributed by atoms with Crippen molar-refractivity contribution in [2.24, 2.45) is 0 Å². The molecule has 0 aliphatic rings. The molecule has 0 amide bonds. The molecular weight excluding hydrogens is 172 g/mol. The maximum absolute atomic E-state index is 9.47. The zero-order valence-electron chi connectivity index (χ0n) is 9.68. The van der Waals surface area contributed by atoms with Crippen molar-refractivity contribution in [1.82, 2.24) is 0 Å². The van der Waals surface area contributed by atoms with E-state index in [9.17, 15) is 5.11 Å². The Morgan fingerprint density at radius 2 is 2.00 bits per heavy atom. The van der Waals surface area contributed by atoms with Crippen molar-refractivity contribution >= 4 is 0 Å². The van der Waals surface area contributed by atoms with E-state index in [-0.39, 0.29) is 6.10 Å². The smallest absolute Gasteiger partial charge is 0.0580 e. The Balaban J connectivity index is 3.65. The van der Waals surface area contributed by atoms with E-state index in [4.69, 9.17) is 0 Å². The highest BCUT2D eigenvalue weighted by Gasteiger charge is 2.04. The Hall–Kier alpha value is -0.520. The molecule has 1 atom stereocenters. The summed E-state index contributed by atoms with van der Waals surface area (Å²) in [7, 11) is 0. The van der Waals surface area contributed by atoms with E-state index in [1.165, 1.54) is 31.3 Å². The average Bonchev–Trinajstić information content (AvgIpc) is 2.22. The molecule has 1 heteroatoms. The zero-order chi connectivity index (χ0) is 10.8. The molecule has 0 spiro atoms. The van der Waals surface area contributed by atoms with Crippen molar-refractivity contribution in [2.45, 2.75) is 64.9 Å². The van der Waals surface area contributed by atoms with E-state index < -0.39 is 0 Å². The van der Waals surface area contributed by atoms with Crippen molar-refractivity contribution in [1.29, 1.82) is 0 Å². The van der Waals surface area contributed by atoms with Gasteiger partial charge in [0, 0.05) is 6.42 Å². The highest BCUT2D eigenvalue weighted by atomic mass is 16.3. The molecule has 1 nitrogen and oxygen atoms in total. The topological polar surface area (TPSA) is 20.2 Å². The van der Waals surface area contributed by atoms with Gasteiger partial charge in [-0.05, 0) is 24.8 Å². The summed E-state index contributed by atoms with van der Waals surface area (Å²) in [5, 5.41) is 9.47. The standard InChI is InChI=1S/C13H24O/c1-4-7-8-9-10-12(5-2)11-13(14)6-3/h13-14H,2,4,6-11H2,1,3H3/t13-/m1/s1. The van der Waals surface area contributed by atoms with Crippen LogP contribution in [0.4, 0.5) is 0 Å². The van der Waals surface area contributed by atoms with Gasteiger partial charge in [-0.2, -0.15) is 0 Å². The molecule has 0 heterocycles. The molecule has 14 heavy (non-hydrogen) atoms. The lowest BCUT2D eigenvalue weighted by molar-refractivity contribution is 0.169. The fraction of sp³-hybridized carbons (Fsp3) is 0.769. The van der Waals surface area contributed by atoms with Gasteiger partial charge in [0.1, 0.15) is 0 Å². The molecule has 0 unspecified atom stereocenters. The van der Waals surface area contributed by atoms with Gasteiger partial charge >= 0.3 is 0 Å². The van der Waals surface area contributed by atoms with Gasteiger partial charge in [0.2, 0.25) is 0 Å². The van der Waals surface area contributed by atoms with E-state index in [0.29, 0.717) is 0 Å². The Labute approximate surface area is 88.5 Å². The fourth-order valence-electron chi connectivity index (χ4n) is 1.46. The molecule has 0 aliphatic carbocycles. The third kappa shape index (κ3) is 6.94. The molecule has 0 saturated heterocycles. The molecule has 0 aromatic heterocycles. The second-order valence-electron chi connectivity index (χ2n) is 3.86.